The van der Waals surface area contributed by atoms with Gasteiger partial charge < -0.3 is 34.4 Å². The minimum absolute atomic E-state index is 0.180. The molecule has 0 aliphatic carbocycles. The molecule has 1 saturated heterocycles. The summed E-state index contributed by atoms with van der Waals surface area (Å²) in [5.41, 5.74) is 3.26. The van der Waals surface area contributed by atoms with E-state index in [1.165, 1.54) is 5.94 Å². The highest BCUT2D eigenvalue weighted by Gasteiger charge is 2.48. The predicted octanol–water partition coefficient (Wildman–Crippen LogP) is 0.778. The molecule has 1 aliphatic heterocycles. The van der Waals surface area contributed by atoms with E-state index in [1.54, 1.807) is 14.0 Å². The highest BCUT2D eigenvalue weighted by atomic mass is 17.2. The van der Waals surface area contributed by atoms with Gasteiger partial charge >= 0.3 is 0 Å². The third-order valence-corrected chi connectivity index (χ3v) is 5.31. The molecule has 5 atom stereocenters. The Hall–Kier alpha value is -2.98. The summed E-state index contributed by atoms with van der Waals surface area (Å²) in [7, 11) is 2.74. The Morgan fingerprint density at radius 2 is 1.79 bits per heavy atom. The first-order chi connectivity index (χ1) is 15.8. The molecule has 2 heterocycles. The summed E-state index contributed by atoms with van der Waals surface area (Å²) in [5.74, 6) is 1.81. The van der Waals surface area contributed by atoms with Crippen LogP contribution in [0.25, 0.3) is 0 Å². The van der Waals surface area contributed by atoms with Crippen molar-refractivity contribution in [3.63, 3.8) is 0 Å². The van der Waals surface area contributed by atoms with Crippen molar-refractivity contribution in [2.45, 2.75) is 51.0 Å². The third-order valence-electron chi connectivity index (χ3n) is 5.31. The van der Waals surface area contributed by atoms with Crippen LogP contribution in [0.3, 0.4) is 0 Å². The number of aliphatic hydroxyl groups excluding tert-OH is 3. The first kappa shape index (κ1) is 24.7. The smallest absolute Gasteiger partial charge is 0.256 e. The van der Waals surface area contributed by atoms with Crippen LogP contribution in [-0.4, -0.2) is 71.2 Å². The van der Waals surface area contributed by atoms with Crippen molar-refractivity contribution in [1.29, 1.82) is 0 Å². The maximum Gasteiger partial charge on any atom is 0.256 e. The van der Waals surface area contributed by atoms with Gasteiger partial charge in [-0.1, -0.05) is 12.1 Å². The van der Waals surface area contributed by atoms with Crippen LogP contribution in [0.2, 0.25) is 0 Å². The quantitative estimate of drug-likeness (QED) is 0.224. The second kappa shape index (κ2) is 10.8. The van der Waals surface area contributed by atoms with Crippen LogP contribution in [0, 0.1) is 13.8 Å². The Labute approximate surface area is 190 Å². The number of hydrogen-bond donors (Lipinski definition) is 3. The van der Waals surface area contributed by atoms with Crippen molar-refractivity contribution in [3.05, 3.63) is 58.5 Å². The number of methoxy groups -OCH3 is 1. The molecule has 3 rings (SSSR count). The second-order valence-electron chi connectivity index (χ2n) is 7.62. The number of rotatable bonds is 8. The standard InChI is InChI=1S/C23H27NO9/c1-12-9-13(2)24-22(16(12)10-14-5-7-15(29-3)8-6-14)32-23-20(28)18(26)19(27)21(31-23)17(11-25)33-30-4/h5-9,18-21,23,26-28H,10H2,1-4H3/t18-,19-,20+,21+,23-/m0/s1. The minimum atomic E-state index is -1.70. The van der Waals surface area contributed by atoms with Gasteiger partial charge in [0, 0.05) is 17.7 Å². The van der Waals surface area contributed by atoms with Crippen molar-refractivity contribution >= 4 is 5.94 Å². The molecule has 0 unspecified atom stereocenters. The van der Waals surface area contributed by atoms with Gasteiger partial charge in [-0.15, -0.1) is 0 Å². The SMILES string of the molecule is COOC(=C=O)[C@H]1O[C@@H](Oc2nc(C)cc(C)c2Cc2ccc(OC)cc2)[C@H](O)[C@@H](O)[C@@H]1O. The van der Waals surface area contributed by atoms with Crippen LogP contribution in [0.5, 0.6) is 11.6 Å². The molecular weight excluding hydrogens is 434 g/mol. The number of aryl methyl sites for hydroxylation is 2. The van der Waals surface area contributed by atoms with E-state index in [1.807, 2.05) is 37.3 Å². The Morgan fingerprint density at radius 1 is 1.09 bits per heavy atom. The van der Waals surface area contributed by atoms with Gasteiger partial charge in [-0.2, -0.15) is 4.89 Å². The lowest BCUT2D eigenvalue weighted by molar-refractivity contribution is -0.300. The lowest BCUT2D eigenvalue weighted by Crippen LogP contribution is -2.59. The van der Waals surface area contributed by atoms with Crippen molar-refractivity contribution in [3.8, 4) is 11.6 Å². The van der Waals surface area contributed by atoms with Crippen LogP contribution in [0.1, 0.15) is 22.4 Å². The number of aliphatic hydroxyl groups is 3. The van der Waals surface area contributed by atoms with Gasteiger partial charge in [-0.25, -0.2) is 9.78 Å². The van der Waals surface area contributed by atoms with Gasteiger partial charge in [0.25, 0.3) is 5.76 Å². The first-order valence-electron chi connectivity index (χ1n) is 10.2. The topological polar surface area (TPSA) is 137 Å². The van der Waals surface area contributed by atoms with Gasteiger partial charge in [-0.3, -0.25) is 0 Å². The van der Waals surface area contributed by atoms with Crippen LogP contribution in [0.15, 0.2) is 36.1 Å². The number of ether oxygens (including phenoxy) is 3. The fourth-order valence-electron chi connectivity index (χ4n) is 3.57. The molecule has 10 nitrogen and oxygen atoms in total. The lowest BCUT2D eigenvalue weighted by Gasteiger charge is -2.39. The van der Waals surface area contributed by atoms with Crippen LogP contribution >= 0.6 is 0 Å². The molecule has 1 aromatic carbocycles. The lowest BCUT2D eigenvalue weighted by atomic mass is 9.97. The van der Waals surface area contributed by atoms with E-state index in [2.05, 4.69) is 14.8 Å². The molecule has 0 spiro atoms. The zero-order valence-electron chi connectivity index (χ0n) is 18.7. The second-order valence-corrected chi connectivity index (χ2v) is 7.62. The summed E-state index contributed by atoms with van der Waals surface area (Å²) in [6.45, 7) is 3.69. The molecule has 33 heavy (non-hydrogen) atoms. The summed E-state index contributed by atoms with van der Waals surface area (Å²) in [6, 6.07) is 9.39. The molecule has 2 aromatic rings. The normalized spacial score (nSPS) is 24.6. The molecule has 0 saturated carbocycles. The Kier molecular flexibility index (Phi) is 8.04. The van der Waals surface area contributed by atoms with Crippen molar-refractivity contribution in [2.75, 3.05) is 14.2 Å². The summed E-state index contributed by atoms with van der Waals surface area (Å²) < 4.78 is 16.6. The molecule has 3 N–H and O–H groups in total. The summed E-state index contributed by atoms with van der Waals surface area (Å²) in [5, 5.41) is 31.0. The third kappa shape index (κ3) is 5.51. The Bertz CT molecular complexity index is 1000. The largest absolute Gasteiger partial charge is 0.497 e. The Balaban J connectivity index is 1.91. The predicted molar refractivity (Wildman–Crippen MR) is 114 cm³/mol. The molecule has 178 valence electrons. The number of pyridine rings is 1. The van der Waals surface area contributed by atoms with E-state index in [4.69, 9.17) is 14.2 Å². The monoisotopic (exact) mass is 461 g/mol. The zero-order chi connectivity index (χ0) is 24.1. The minimum Gasteiger partial charge on any atom is -0.497 e. The first-order valence-corrected chi connectivity index (χ1v) is 10.2. The van der Waals surface area contributed by atoms with Gasteiger partial charge in [0.2, 0.25) is 12.2 Å². The van der Waals surface area contributed by atoms with Crippen molar-refractivity contribution < 1.29 is 44.1 Å². The molecule has 1 aromatic heterocycles. The zero-order valence-corrected chi connectivity index (χ0v) is 18.7. The molecule has 1 fully saturated rings. The summed E-state index contributed by atoms with van der Waals surface area (Å²) in [6.07, 6.45) is -7.52. The van der Waals surface area contributed by atoms with E-state index >= 15 is 0 Å². The number of nitrogens with zero attached hydrogens (tertiary/aromatic N) is 1. The maximum atomic E-state index is 11.2. The number of hydrogen-bond acceptors (Lipinski definition) is 10. The van der Waals surface area contributed by atoms with Crippen molar-refractivity contribution in [1.82, 2.24) is 4.98 Å². The highest BCUT2D eigenvalue weighted by molar-refractivity contribution is 5.51. The van der Waals surface area contributed by atoms with Gasteiger partial charge in [0.15, 0.2) is 12.0 Å². The Morgan fingerprint density at radius 3 is 2.39 bits per heavy atom. The number of aromatic nitrogens is 1. The molecule has 0 amide bonds. The van der Waals surface area contributed by atoms with Gasteiger partial charge in [0.05, 0.1) is 14.2 Å². The van der Waals surface area contributed by atoms with E-state index in [9.17, 15) is 20.1 Å². The van der Waals surface area contributed by atoms with Crippen molar-refractivity contribution in [2.24, 2.45) is 0 Å². The van der Waals surface area contributed by atoms with Crippen LogP contribution in [-0.2, 0) is 25.7 Å². The van der Waals surface area contributed by atoms with Crippen LogP contribution in [0.4, 0.5) is 0 Å². The molecule has 0 radical (unpaired) electrons. The fraction of sp³-hybridized carbons (Fsp3) is 0.435. The molecule has 10 heteroatoms. The van der Waals surface area contributed by atoms with E-state index in [-0.39, 0.29) is 5.88 Å². The molecule has 0 bridgehead atoms. The molecular formula is C23H27NO9. The average molecular weight is 461 g/mol. The number of benzene rings is 1. The summed E-state index contributed by atoms with van der Waals surface area (Å²) >= 11 is 0. The molecule has 1 aliphatic rings. The van der Waals surface area contributed by atoms with E-state index < -0.39 is 36.5 Å². The average Bonchev–Trinajstić information content (AvgIpc) is 2.80. The van der Waals surface area contributed by atoms with Crippen LogP contribution < -0.4 is 9.47 Å². The number of carbonyl (C=O) groups excluding carboxylic acids is 1. The summed E-state index contributed by atoms with van der Waals surface area (Å²) in [4.78, 5) is 24.8. The van der Waals surface area contributed by atoms with Gasteiger partial charge in [0.1, 0.15) is 24.1 Å². The highest BCUT2D eigenvalue weighted by Crippen LogP contribution is 2.31. The fourth-order valence-corrected chi connectivity index (χ4v) is 3.57. The van der Waals surface area contributed by atoms with E-state index in [0.717, 1.165) is 29.5 Å². The van der Waals surface area contributed by atoms with E-state index in [0.29, 0.717) is 12.1 Å². The maximum absolute atomic E-state index is 11.2. The van der Waals surface area contributed by atoms with Gasteiger partial charge in [-0.05, 0) is 43.2 Å².